The van der Waals surface area contributed by atoms with Crippen molar-refractivity contribution < 1.29 is 13.6 Å². The predicted molar refractivity (Wildman–Crippen MR) is 68.2 cm³/mol. The van der Waals surface area contributed by atoms with Crippen molar-refractivity contribution in [2.75, 3.05) is 5.75 Å². The van der Waals surface area contributed by atoms with Crippen molar-refractivity contribution in [3.63, 3.8) is 0 Å². The van der Waals surface area contributed by atoms with Gasteiger partial charge in [0, 0.05) is 0 Å². The van der Waals surface area contributed by atoms with Crippen LogP contribution < -0.4 is 11.1 Å². The zero-order chi connectivity index (χ0) is 13.7. The quantitative estimate of drug-likeness (QED) is 0.763. The second-order valence-electron chi connectivity index (χ2n) is 3.76. The Morgan fingerprint density at radius 1 is 1.58 bits per heavy atom. The molecule has 0 fully saturated rings. The molecule has 2 aromatic rings. The van der Waals surface area contributed by atoms with E-state index >= 15 is 0 Å². The molecule has 2 aromatic heterocycles. The molecule has 8 heteroatoms. The van der Waals surface area contributed by atoms with Crippen LogP contribution in [0, 0.1) is 0 Å². The lowest BCUT2D eigenvalue weighted by Crippen LogP contribution is -2.27. The number of thioether (sulfide) groups is 1. The molecule has 1 unspecified atom stereocenters. The number of aromatic nitrogens is 2. The third-order valence-electron chi connectivity index (χ3n) is 2.30. The molecule has 0 saturated carbocycles. The number of carbonyl (C=O) groups excluding carboxylic acids is 1. The number of rotatable bonds is 6. The molecule has 0 radical (unpaired) electrons. The van der Waals surface area contributed by atoms with Gasteiger partial charge in [-0.3, -0.25) is 4.79 Å². The topological polar surface area (TPSA) is 107 Å². The number of nitrogens with two attached hydrogens (primary N) is 1. The second kappa shape index (κ2) is 6.39. The molecule has 0 aliphatic heterocycles. The normalized spacial score (nSPS) is 12.3. The number of hydrogen-bond donors (Lipinski definition) is 2. The molecule has 2 heterocycles. The number of nitrogens with one attached hydrogen (secondary N) is 1. The number of nitrogens with zero attached hydrogens (tertiary/aromatic N) is 2. The fraction of sp³-hybridized carbons (Fsp3) is 0.364. The maximum atomic E-state index is 11.7. The Balaban J connectivity index is 1.78. The summed E-state index contributed by atoms with van der Waals surface area (Å²) in [7, 11) is 0. The van der Waals surface area contributed by atoms with Crippen LogP contribution >= 0.6 is 11.8 Å². The maximum absolute atomic E-state index is 11.7. The van der Waals surface area contributed by atoms with E-state index in [9.17, 15) is 4.79 Å². The average molecular weight is 282 g/mol. The lowest BCUT2D eigenvalue weighted by atomic mass is 10.2. The standard InChI is InChI=1S/C11H14N4O3S/c1-7(8-3-2-4-17-8)13-9(16)6-19-11-15-14-10(5-12)18-11/h2-4,7H,5-6,12H2,1H3,(H,13,16). The summed E-state index contributed by atoms with van der Waals surface area (Å²) in [5.74, 6) is 1.12. The van der Waals surface area contributed by atoms with Crippen LogP contribution in [0.5, 0.6) is 0 Å². The SMILES string of the molecule is CC(NC(=O)CSc1nnc(CN)o1)c1ccco1. The van der Waals surface area contributed by atoms with Gasteiger partial charge in [0.1, 0.15) is 5.76 Å². The van der Waals surface area contributed by atoms with E-state index in [0.717, 1.165) is 0 Å². The molecular weight excluding hydrogens is 268 g/mol. The highest BCUT2D eigenvalue weighted by molar-refractivity contribution is 7.99. The van der Waals surface area contributed by atoms with Crippen LogP contribution in [0.2, 0.25) is 0 Å². The van der Waals surface area contributed by atoms with Gasteiger partial charge in [-0.15, -0.1) is 10.2 Å². The van der Waals surface area contributed by atoms with Crippen LogP contribution in [-0.4, -0.2) is 21.9 Å². The number of hydrogen-bond acceptors (Lipinski definition) is 7. The van der Waals surface area contributed by atoms with Gasteiger partial charge >= 0.3 is 0 Å². The largest absolute Gasteiger partial charge is 0.467 e. The van der Waals surface area contributed by atoms with Gasteiger partial charge in [0.05, 0.1) is 24.6 Å². The van der Waals surface area contributed by atoms with Gasteiger partial charge in [-0.1, -0.05) is 11.8 Å². The van der Waals surface area contributed by atoms with Gasteiger partial charge in [-0.05, 0) is 19.1 Å². The Labute approximate surface area is 113 Å². The minimum Gasteiger partial charge on any atom is -0.467 e. The van der Waals surface area contributed by atoms with Crippen molar-refractivity contribution in [1.29, 1.82) is 0 Å². The van der Waals surface area contributed by atoms with Crippen molar-refractivity contribution in [2.24, 2.45) is 5.73 Å². The van der Waals surface area contributed by atoms with Crippen molar-refractivity contribution >= 4 is 17.7 Å². The molecule has 3 N–H and O–H groups in total. The highest BCUT2D eigenvalue weighted by atomic mass is 32.2. The first-order valence-corrected chi connectivity index (χ1v) is 6.65. The van der Waals surface area contributed by atoms with Crippen molar-refractivity contribution in [1.82, 2.24) is 15.5 Å². The molecule has 1 amide bonds. The molecule has 7 nitrogen and oxygen atoms in total. The molecule has 0 spiro atoms. The van der Waals surface area contributed by atoms with E-state index in [-0.39, 0.29) is 24.2 Å². The van der Waals surface area contributed by atoms with Crippen LogP contribution in [0.1, 0.15) is 24.6 Å². The average Bonchev–Trinajstić information content (AvgIpc) is 3.07. The fourth-order valence-corrected chi connectivity index (χ4v) is 1.99. The maximum Gasteiger partial charge on any atom is 0.277 e. The van der Waals surface area contributed by atoms with Crippen LogP contribution in [-0.2, 0) is 11.3 Å². The highest BCUT2D eigenvalue weighted by Gasteiger charge is 2.13. The van der Waals surface area contributed by atoms with E-state index in [4.69, 9.17) is 14.6 Å². The van der Waals surface area contributed by atoms with Gasteiger partial charge in [0.15, 0.2) is 0 Å². The molecule has 0 saturated heterocycles. The lowest BCUT2D eigenvalue weighted by Gasteiger charge is -2.10. The lowest BCUT2D eigenvalue weighted by molar-refractivity contribution is -0.119. The van der Waals surface area contributed by atoms with Gasteiger partial charge in [-0.2, -0.15) is 0 Å². The fourth-order valence-electron chi connectivity index (χ4n) is 1.40. The minimum absolute atomic E-state index is 0.138. The van der Waals surface area contributed by atoms with Gasteiger partial charge in [-0.25, -0.2) is 0 Å². The van der Waals surface area contributed by atoms with Crippen LogP contribution in [0.25, 0.3) is 0 Å². The summed E-state index contributed by atoms with van der Waals surface area (Å²) in [6.45, 7) is 2.04. The van der Waals surface area contributed by atoms with E-state index in [2.05, 4.69) is 15.5 Å². The Hall–Kier alpha value is -1.80. The third-order valence-corrected chi connectivity index (χ3v) is 3.12. The number of amides is 1. The van der Waals surface area contributed by atoms with E-state index in [1.54, 1.807) is 12.3 Å². The van der Waals surface area contributed by atoms with Crippen LogP contribution in [0.3, 0.4) is 0 Å². The smallest absolute Gasteiger partial charge is 0.277 e. The van der Waals surface area contributed by atoms with E-state index < -0.39 is 0 Å². The van der Waals surface area contributed by atoms with Crippen molar-refractivity contribution in [2.45, 2.75) is 24.7 Å². The summed E-state index contributed by atoms with van der Waals surface area (Å²) < 4.78 is 10.4. The summed E-state index contributed by atoms with van der Waals surface area (Å²) in [5.41, 5.74) is 5.34. The third kappa shape index (κ3) is 3.83. The Bertz CT molecular complexity index is 526. The Morgan fingerprint density at radius 2 is 2.42 bits per heavy atom. The summed E-state index contributed by atoms with van der Waals surface area (Å²) in [4.78, 5) is 11.7. The summed E-state index contributed by atoms with van der Waals surface area (Å²) >= 11 is 1.17. The van der Waals surface area contributed by atoms with Gasteiger partial charge < -0.3 is 19.9 Å². The van der Waals surface area contributed by atoms with Crippen LogP contribution in [0.4, 0.5) is 0 Å². The monoisotopic (exact) mass is 282 g/mol. The zero-order valence-electron chi connectivity index (χ0n) is 10.3. The molecule has 1 atom stereocenters. The molecule has 0 aliphatic rings. The molecular formula is C11H14N4O3S. The first kappa shape index (κ1) is 13.6. The minimum atomic E-state index is -0.176. The molecule has 19 heavy (non-hydrogen) atoms. The van der Waals surface area contributed by atoms with E-state index in [0.29, 0.717) is 16.9 Å². The Morgan fingerprint density at radius 3 is 3.05 bits per heavy atom. The summed E-state index contributed by atoms with van der Waals surface area (Å²) in [5, 5.41) is 10.6. The highest BCUT2D eigenvalue weighted by Crippen LogP contribution is 2.17. The first-order chi connectivity index (χ1) is 9.19. The molecule has 0 aromatic carbocycles. The summed E-state index contributed by atoms with van der Waals surface area (Å²) in [6, 6.07) is 3.41. The number of furan rings is 1. The second-order valence-corrected chi connectivity index (χ2v) is 4.69. The first-order valence-electron chi connectivity index (χ1n) is 5.67. The van der Waals surface area contributed by atoms with Gasteiger partial charge in [0.2, 0.25) is 11.8 Å². The predicted octanol–water partition coefficient (Wildman–Crippen LogP) is 1.09. The number of carbonyl (C=O) groups is 1. The van der Waals surface area contributed by atoms with E-state index in [1.165, 1.54) is 11.8 Å². The molecule has 102 valence electrons. The van der Waals surface area contributed by atoms with Crippen molar-refractivity contribution in [3.8, 4) is 0 Å². The van der Waals surface area contributed by atoms with Gasteiger partial charge in [0.25, 0.3) is 5.22 Å². The van der Waals surface area contributed by atoms with Crippen molar-refractivity contribution in [3.05, 3.63) is 30.0 Å². The molecule has 2 rings (SSSR count). The molecule has 0 bridgehead atoms. The molecule has 0 aliphatic carbocycles. The Kier molecular flexibility index (Phi) is 4.58. The van der Waals surface area contributed by atoms with E-state index in [1.807, 2.05) is 13.0 Å². The summed E-state index contributed by atoms with van der Waals surface area (Å²) in [6.07, 6.45) is 1.57. The van der Waals surface area contributed by atoms with Crippen LogP contribution in [0.15, 0.2) is 32.5 Å². The zero-order valence-corrected chi connectivity index (χ0v) is 11.1.